The Bertz CT molecular complexity index is 1230. The highest BCUT2D eigenvalue weighted by atomic mass is 19.3. The van der Waals surface area contributed by atoms with Crippen LogP contribution in [-0.2, 0) is 9.53 Å². The van der Waals surface area contributed by atoms with Crippen LogP contribution in [0.5, 0.6) is 17.4 Å². The van der Waals surface area contributed by atoms with E-state index in [-0.39, 0.29) is 29.2 Å². The molecular formula is C25H25F2N5O4. The number of benzene rings is 2. The summed E-state index contributed by atoms with van der Waals surface area (Å²) in [6.45, 7) is 4.63. The molecule has 0 bridgehead atoms. The van der Waals surface area contributed by atoms with Crippen molar-refractivity contribution in [1.29, 1.82) is 0 Å². The molecule has 0 aliphatic carbocycles. The van der Waals surface area contributed by atoms with E-state index in [1.165, 1.54) is 6.08 Å². The zero-order valence-electron chi connectivity index (χ0n) is 19.5. The number of anilines is 4. The molecule has 3 aromatic rings. The summed E-state index contributed by atoms with van der Waals surface area (Å²) in [5.41, 5.74) is 2.19. The number of ether oxygens (including phenoxy) is 3. The Morgan fingerprint density at radius 1 is 1.22 bits per heavy atom. The van der Waals surface area contributed by atoms with Crippen molar-refractivity contribution in [2.24, 2.45) is 0 Å². The molecule has 1 saturated heterocycles. The van der Waals surface area contributed by atoms with Crippen LogP contribution in [0.25, 0.3) is 0 Å². The number of amides is 1. The summed E-state index contributed by atoms with van der Waals surface area (Å²) in [5, 5.41) is 5.59. The maximum Gasteiger partial charge on any atom is 0.387 e. The van der Waals surface area contributed by atoms with Gasteiger partial charge in [0, 0.05) is 48.4 Å². The van der Waals surface area contributed by atoms with Gasteiger partial charge in [-0.05, 0) is 37.3 Å². The average molecular weight is 498 g/mol. The molecule has 11 heteroatoms. The molecule has 4 rings (SSSR count). The van der Waals surface area contributed by atoms with Crippen LogP contribution in [0.15, 0.2) is 61.3 Å². The summed E-state index contributed by atoms with van der Waals surface area (Å²) < 4.78 is 42.3. The standard InChI is InChI=1S/C25H25F2N5O4/c1-3-22(33)29-17-5-4-6-19(13-17)35-23-16(2)15-28-25(31-23)30-20-8-7-18(14-21(20)36-24(26)27)32-9-11-34-12-10-32/h3-8,13-15,24H,1,9-12H2,2H3,(H,29,33)(H,28,30,31). The molecule has 9 nitrogen and oxygen atoms in total. The maximum absolute atomic E-state index is 13.1. The smallest absolute Gasteiger partial charge is 0.387 e. The highest BCUT2D eigenvalue weighted by Crippen LogP contribution is 2.34. The van der Waals surface area contributed by atoms with Gasteiger partial charge < -0.3 is 29.7 Å². The summed E-state index contributed by atoms with van der Waals surface area (Å²) >= 11 is 0. The van der Waals surface area contributed by atoms with Gasteiger partial charge >= 0.3 is 6.61 Å². The second-order valence-electron chi connectivity index (χ2n) is 7.79. The van der Waals surface area contributed by atoms with E-state index in [9.17, 15) is 13.6 Å². The van der Waals surface area contributed by atoms with Crippen LogP contribution in [0.3, 0.4) is 0 Å². The summed E-state index contributed by atoms with van der Waals surface area (Å²) in [4.78, 5) is 22.2. The SMILES string of the molecule is C=CC(=O)Nc1cccc(Oc2nc(Nc3ccc(N4CCOCC4)cc3OC(F)F)ncc2C)c1. The second kappa shape index (κ2) is 11.5. The van der Waals surface area contributed by atoms with Crippen molar-refractivity contribution in [2.45, 2.75) is 13.5 Å². The van der Waals surface area contributed by atoms with Crippen LogP contribution in [0, 0.1) is 6.92 Å². The Hall–Kier alpha value is -4.25. The van der Waals surface area contributed by atoms with E-state index in [0.717, 1.165) is 5.69 Å². The van der Waals surface area contributed by atoms with E-state index in [1.807, 2.05) is 4.90 Å². The van der Waals surface area contributed by atoms with Crippen LogP contribution in [0.4, 0.5) is 31.8 Å². The minimum absolute atomic E-state index is 0.0358. The third kappa shape index (κ3) is 6.45. The number of rotatable bonds is 9. The predicted octanol–water partition coefficient (Wildman–Crippen LogP) is 4.88. The monoisotopic (exact) mass is 497 g/mol. The molecule has 2 aromatic carbocycles. The van der Waals surface area contributed by atoms with Gasteiger partial charge in [-0.15, -0.1) is 0 Å². The number of hydrogen-bond donors (Lipinski definition) is 2. The normalized spacial score (nSPS) is 13.3. The Morgan fingerprint density at radius 3 is 2.78 bits per heavy atom. The third-order valence-electron chi connectivity index (χ3n) is 5.23. The first kappa shape index (κ1) is 24.9. The number of carbonyl (C=O) groups is 1. The molecule has 188 valence electrons. The lowest BCUT2D eigenvalue weighted by Crippen LogP contribution is -2.36. The summed E-state index contributed by atoms with van der Waals surface area (Å²) in [5.74, 6) is 0.428. The Labute approximate surface area is 206 Å². The van der Waals surface area contributed by atoms with Gasteiger partial charge in [0.25, 0.3) is 0 Å². The summed E-state index contributed by atoms with van der Waals surface area (Å²) in [7, 11) is 0. The first-order chi connectivity index (χ1) is 17.4. The van der Waals surface area contributed by atoms with Crippen molar-refractivity contribution >= 4 is 28.9 Å². The second-order valence-corrected chi connectivity index (χ2v) is 7.79. The molecule has 1 aliphatic rings. The molecule has 2 heterocycles. The van der Waals surface area contributed by atoms with Crippen LogP contribution < -0.4 is 25.0 Å². The van der Waals surface area contributed by atoms with Crippen molar-refractivity contribution in [1.82, 2.24) is 9.97 Å². The molecular weight excluding hydrogens is 472 g/mol. The van der Waals surface area contributed by atoms with Crippen LogP contribution >= 0.6 is 0 Å². The topological polar surface area (TPSA) is 97.8 Å². The van der Waals surface area contributed by atoms with Crippen LogP contribution in [0.1, 0.15) is 5.56 Å². The van der Waals surface area contributed by atoms with Gasteiger partial charge in [-0.2, -0.15) is 13.8 Å². The van der Waals surface area contributed by atoms with Crippen molar-refractivity contribution in [2.75, 3.05) is 41.8 Å². The first-order valence-corrected chi connectivity index (χ1v) is 11.1. The predicted molar refractivity (Wildman–Crippen MR) is 132 cm³/mol. The van der Waals surface area contributed by atoms with Crippen molar-refractivity contribution < 1.29 is 27.8 Å². The molecule has 0 spiro atoms. The number of carbonyl (C=O) groups excluding carboxylic acids is 1. The molecule has 2 N–H and O–H groups in total. The fourth-order valence-electron chi connectivity index (χ4n) is 3.48. The lowest BCUT2D eigenvalue weighted by Gasteiger charge is -2.29. The fraction of sp³-hybridized carbons (Fsp3) is 0.240. The average Bonchev–Trinajstić information content (AvgIpc) is 2.87. The van der Waals surface area contributed by atoms with Crippen LogP contribution in [-0.4, -0.2) is 48.8 Å². The Kier molecular flexibility index (Phi) is 7.91. The zero-order chi connectivity index (χ0) is 25.5. The molecule has 1 fully saturated rings. The largest absolute Gasteiger partial charge is 0.438 e. The number of nitrogens with one attached hydrogen (secondary N) is 2. The minimum Gasteiger partial charge on any atom is -0.438 e. The fourth-order valence-corrected chi connectivity index (χ4v) is 3.48. The number of halogens is 2. The van der Waals surface area contributed by atoms with Gasteiger partial charge in [0.2, 0.25) is 17.7 Å². The number of alkyl halides is 2. The zero-order valence-corrected chi connectivity index (χ0v) is 19.5. The molecule has 1 aliphatic heterocycles. The number of hydrogen-bond acceptors (Lipinski definition) is 8. The first-order valence-electron chi connectivity index (χ1n) is 11.1. The lowest BCUT2D eigenvalue weighted by molar-refractivity contribution is -0.111. The van der Waals surface area contributed by atoms with E-state index in [1.54, 1.807) is 55.6 Å². The molecule has 36 heavy (non-hydrogen) atoms. The number of nitrogens with zero attached hydrogens (tertiary/aromatic N) is 3. The van der Waals surface area contributed by atoms with Gasteiger partial charge in [0.15, 0.2) is 5.75 Å². The van der Waals surface area contributed by atoms with Crippen molar-refractivity contribution in [3.63, 3.8) is 0 Å². The van der Waals surface area contributed by atoms with Crippen molar-refractivity contribution in [3.05, 3.63) is 66.9 Å². The van der Waals surface area contributed by atoms with Gasteiger partial charge in [0.1, 0.15) is 5.75 Å². The quantitative estimate of drug-likeness (QED) is 0.404. The Morgan fingerprint density at radius 2 is 2.03 bits per heavy atom. The maximum atomic E-state index is 13.1. The van der Waals surface area contributed by atoms with Gasteiger partial charge in [-0.1, -0.05) is 12.6 Å². The summed E-state index contributed by atoms with van der Waals surface area (Å²) in [6.07, 6.45) is 2.71. The Balaban J connectivity index is 1.55. The molecule has 1 amide bonds. The number of aromatic nitrogens is 2. The summed E-state index contributed by atoms with van der Waals surface area (Å²) in [6, 6.07) is 11.8. The molecule has 0 radical (unpaired) electrons. The number of morpholine rings is 1. The van der Waals surface area contributed by atoms with E-state index in [2.05, 4.69) is 27.2 Å². The van der Waals surface area contributed by atoms with Crippen LogP contribution in [0.2, 0.25) is 0 Å². The van der Waals surface area contributed by atoms with Gasteiger partial charge in [0.05, 0.1) is 18.9 Å². The van der Waals surface area contributed by atoms with Crippen molar-refractivity contribution in [3.8, 4) is 17.4 Å². The highest BCUT2D eigenvalue weighted by Gasteiger charge is 2.17. The molecule has 0 saturated carbocycles. The van der Waals surface area contributed by atoms with E-state index >= 15 is 0 Å². The van der Waals surface area contributed by atoms with Gasteiger partial charge in [-0.3, -0.25) is 4.79 Å². The van der Waals surface area contributed by atoms with Gasteiger partial charge in [-0.25, -0.2) is 4.98 Å². The highest BCUT2D eigenvalue weighted by molar-refractivity contribution is 5.98. The van der Waals surface area contributed by atoms with E-state index in [0.29, 0.717) is 43.3 Å². The number of aryl methyl sites for hydroxylation is 1. The lowest BCUT2D eigenvalue weighted by atomic mass is 10.2. The molecule has 0 unspecified atom stereocenters. The molecule has 0 atom stereocenters. The minimum atomic E-state index is -3.00. The van der Waals surface area contributed by atoms with E-state index in [4.69, 9.17) is 14.2 Å². The van der Waals surface area contributed by atoms with E-state index < -0.39 is 6.61 Å². The third-order valence-corrected chi connectivity index (χ3v) is 5.23. The molecule has 1 aromatic heterocycles.